The van der Waals surface area contributed by atoms with Gasteiger partial charge in [0.1, 0.15) is 11.9 Å². The van der Waals surface area contributed by atoms with Crippen molar-refractivity contribution in [3.63, 3.8) is 0 Å². The molecule has 2 aromatic rings. The maximum absolute atomic E-state index is 13.4. The van der Waals surface area contributed by atoms with E-state index in [1.807, 2.05) is 18.2 Å². The molecule has 1 fully saturated rings. The maximum atomic E-state index is 13.4. The van der Waals surface area contributed by atoms with E-state index in [0.717, 1.165) is 29.7 Å². The fraction of sp³-hybridized carbons (Fsp3) is 0.429. The third kappa shape index (κ3) is 2.89. The van der Waals surface area contributed by atoms with E-state index >= 15 is 0 Å². The SMILES string of the molecule is COc1cc2c(cc1OC)[C@@H]1CCCC[C@H]1O[C@@H]2c1ccc(F)cc1. The first-order valence-corrected chi connectivity index (χ1v) is 8.88. The van der Waals surface area contributed by atoms with Gasteiger partial charge in [0.15, 0.2) is 11.5 Å². The Kier molecular flexibility index (Phi) is 4.38. The van der Waals surface area contributed by atoms with Gasteiger partial charge >= 0.3 is 0 Å². The van der Waals surface area contributed by atoms with Crippen LogP contribution in [-0.2, 0) is 4.74 Å². The van der Waals surface area contributed by atoms with E-state index in [9.17, 15) is 4.39 Å². The zero-order valence-corrected chi connectivity index (χ0v) is 14.6. The molecule has 3 nitrogen and oxygen atoms in total. The van der Waals surface area contributed by atoms with E-state index in [0.29, 0.717) is 11.7 Å². The minimum Gasteiger partial charge on any atom is -0.493 e. The summed E-state index contributed by atoms with van der Waals surface area (Å²) in [6, 6.07) is 10.7. The van der Waals surface area contributed by atoms with E-state index in [2.05, 4.69) is 6.07 Å². The van der Waals surface area contributed by atoms with Crippen molar-refractivity contribution in [3.05, 3.63) is 58.9 Å². The van der Waals surface area contributed by atoms with Gasteiger partial charge in [0.2, 0.25) is 0 Å². The highest BCUT2D eigenvalue weighted by Gasteiger charge is 2.38. The molecule has 0 N–H and O–H groups in total. The fourth-order valence-corrected chi connectivity index (χ4v) is 4.22. The van der Waals surface area contributed by atoms with Gasteiger partial charge in [-0.15, -0.1) is 0 Å². The van der Waals surface area contributed by atoms with Crippen LogP contribution in [-0.4, -0.2) is 20.3 Å². The molecule has 0 amide bonds. The van der Waals surface area contributed by atoms with Crippen LogP contribution in [0, 0.1) is 5.82 Å². The average molecular weight is 342 g/mol. The molecular formula is C21H23FO3. The summed E-state index contributed by atoms with van der Waals surface area (Å²) in [7, 11) is 3.31. The van der Waals surface area contributed by atoms with E-state index < -0.39 is 0 Å². The summed E-state index contributed by atoms with van der Waals surface area (Å²) in [6.07, 6.45) is 4.61. The lowest BCUT2D eigenvalue weighted by Gasteiger charge is -2.41. The van der Waals surface area contributed by atoms with Gasteiger partial charge in [-0.05, 0) is 53.8 Å². The van der Waals surface area contributed by atoms with Gasteiger partial charge in [0.05, 0.1) is 20.3 Å². The van der Waals surface area contributed by atoms with Crippen molar-refractivity contribution in [3.8, 4) is 11.5 Å². The van der Waals surface area contributed by atoms with Crippen LogP contribution in [0.25, 0.3) is 0 Å². The van der Waals surface area contributed by atoms with Crippen molar-refractivity contribution in [1.29, 1.82) is 0 Å². The van der Waals surface area contributed by atoms with Crippen molar-refractivity contribution in [2.45, 2.75) is 43.8 Å². The third-order valence-electron chi connectivity index (χ3n) is 5.46. The molecule has 132 valence electrons. The first-order valence-electron chi connectivity index (χ1n) is 8.88. The molecule has 25 heavy (non-hydrogen) atoms. The number of ether oxygens (including phenoxy) is 3. The summed E-state index contributed by atoms with van der Waals surface area (Å²) in [5, 5.41) is 0. The standard InChI is InChI=1S/C21H23FO3/c1-23-19-11-16-15-5-3-4-6-18(15)25-21(17(16)12-20(19)24-2)13-7-9-14(22)10-8-13/h7-12,15,18,21H,3-6H2,1-2H3/t15-,18+,21+/m0/s1. The number of halogens is 1. The Hall–Kier alpha value is -2.07. The first kappa shape index (κ1) is 16.4. The Morgan fingerprint density at radius 3 is 2.24 bits per heavy atom. The van der Waals surface area contributed by atoms with Crippen LogP contribution < -0.4 is 9.47 Å². The smallest absolute Gasteiger partial charge is 0.161 e. The minimum atomic E-state index is -0.234. The molecule has 1 saturated carbocycles. The average Bonchev–Trinajstić information content (AvgIpc) is 2.67. The Labute approximate surface area is 147 Å². The highest BCUT2D eigenvalue weighted by molar-refractivity contribution is 5.52. The quantitative estimate of drug-likeness (QED) is 0.786. The molecule has 1 heterocycles. The topological polar surface area (TPSA) is 27.7 Å². The zero-order valence-electron chi connectivity index (χ0n) is 14.6. The predicted octanol–water partition coefficient (Wildman–Crippen LogP) is 4.99. The van der Waals surface area contributed by atoms with Crippen LogP contribution in [0.2, 0.25) is 0 Å². The molecule has 4 rings (SSSR count). The zero-order chi connectivity index (χ0) is 17.4. The second kappa shape index (κ2) is 6.68. The number of methoxy groups -OCH3 is 2. The molecule has 2 aliphatic rings. The van der Waals surface area contributed by atoms with Crippen LogP contribution in [0.1, 0.15) is 54.4 Å². The Morgan fingerprint density at radius 1 is 0.920 bits per heavy atom. The lowest BCUT2D eigenvalue weighted by molar-refractivity contribution is -0.0391. The van der Waals surface area contributed by atoms with Crippen LogP contribution >= 0.6 is 0 Å². The van der Waals surface area contributed by atoms with Crippen molar-refractivity contribution >= 4 is 0 Å². The molecule has 0 bridgehead atoms. The Balaban J connectivity index is 1.85. The normalized spacial score (nSPS) is 25.0. The van der Waals surface area contributed by atoms with Crippen LogP contribution in [0.3, 0.4) is 0 Å². The Morgan fingerprint density at radius 2 is 1.56 bits per heavy atom. The highest BCUT2D eigenvalue weighted by Crippen LogP contribution is 2.49. The lowest BCUT2D eigenvalue weighted by atomic mass is 9.76. The molecule has 0 unspecified atom stereocenters. The third-order valence-corrected chi connectivity index (χ3v) is 5.46. The van der Waals surface area contributed by atoms with Crippen LogP contribution in [0.15, 0.2) is 36.4 Å². The van der Waals surface area contributed by atoms with E-state index in [4.69, 9.17) is 14.2 Å². The van der Waals surface area contributed by atoms with Crippen molar-refractivity contribution in [2.24, 2.45) is 0 Å². The fourth-order valence-electron chi connectivity index (χ4n) is 4.22. The molecule has 0 radical (unpaired) electrons. The highest BCUT2D eigenvalue weighted by atomic mass is 19.1. The van der Waals surface area contributed by atoms with Gasteiger partial charge in [-0.25, -0.2) is 4.39 Å². The minimum absolute atomic E-state index is 0.199. The van der Waals surface area contributed by atoms with Gasteiger partial charge < -0.3 is 14.2 Å². The maximum Gasteiger partial charge on any atom is 0.161 e. The molecule has 0 aromatic heterocycles. The summed E-state index contributed by atoms with van der Waals surface area (Å²) in [6.45, 7) is 0. The van der Waals surface area contributed by atoms with Crippen LogP contribution in [0.5, 0.6) is 11.5 Å². The Bertz CT molecular complexity index is 756. The van der Waals surface area contributed by atoms with Crippen molar-refractivity contribution < 1.29 is 18.6 Å². The summed E-state index contributed by atoms with van der Waals surface area (Å²) >= 11 is 0. The molecule has 1 aliphatic carbocycles. The number of benzene rings is 2. The lowest BCUT2D eigenvalue weighted by Crippen LogP contribution is -2.33. The second-order valence-corrected chi connectivity index (χ2v) is 6.83. The molecule has 1 aliphatic heterocycles. The van der Waals surface area contributed by atoms with Gasteiger partial charge in [-0.1, -0.05) is 25.0 Å². The largest absolute Gasteiger partial charge is 0.493 e. The molecule has 0 saturated heterocycles. The summed E-state index contributed by atoms with van der Waals surface area (Å²) in [4.78, 5) is 0. The molecule has 3 atom stereocenters. The van der Waals surface area contributed by atoms with Crippen molar-refractivity contribution in [2.75, 3.05) is 14.2 Å². The molecule has 0 spiro atoms. The van der Waals surface area contributed by atoms with E-state index in [1.165, 1.54) is 30.5 Å². The predicted molar refractivity (Wildman–Crippen MR) is 93.9 cm³/mol. The molecule has 2 aromatic carbocycles. The summed E-state index contributed by atoms with van der Waals surface area (Å²) < 4.78 is 30.9. The number of rotatable bonds is 3. The summed E-state index contributed by atoms with van der Waals surface area (Å²) in [5.41, 5.74) is 3.36. The first-order chi connectivity index (χ1) is 12.2. The molecule has 4 heteroatoms. The van der Waals surface area contributed by atoms with Gasteiger partial charge in [-0.3, -0.25) is 0 Å². The monoisotopic (exact) mass is 342 g/mol. The number of fused-ring (bicyclic) bond motifs is 3. The summed E-state index contributed by atoms with van der Waals surface area (Å²) in [5.74, 6) is 1.61. The second-order valence-electron chi connectivity index (χ2n) is 6.83. The number of hydrogen-bond donors (Lipinski definition) is 0. The van der Waals surface area contributed by atoms with Gasteiger partial charge in [0.25, 0.3) is 0 Å². The van der Waals surface area contributed by atoms with E-state index in [-0.39, 0.29) is 18.0 Å². The molecular weight excluding hydrogens is 319 g/mol. The van der Waals surface area contributed by atoms with Gasteiger partial charge in [0, 0.05) is 5.92 Å². The van der Waals surface area contributed by atoms with Crippen molar-refractivity contribution in [1.82, 2.24) is 0 Å². The number of hydrogen-bond acceptors (Lipinski definition) is 3. The van der Waals surface area contributed by atoms with E-state index in [1.54, 1.807) is 14.2 Å². The van der Waals surface area contributed by atoms with Gasteiger partial charge in [-0.2, -0.15) is 0 Å². The van der Waals surface area contributed by atoms with Crippen LogP contribution in [0.4, 0.5) is 4.39 Å².